The van der Waals surface area contributed by atoms with Crippen LogP contribution in [0.15, 0.2) is 134 Å². The van der Waals surface area contributed by atoms with Gasteiger partial charge in [0.15, 0.2) is 6.10 Å². The first-order chi connectivity index (χ1) is 40.5. The van der Waals surface area contributed by atoms with Crippen LogP contribution in [0.5, 0.6) is 0 Å². The van der Waals surface area contributed by atoms with Gasteiger partial charge < -0.3 is 14.2 Å². The van der Waals surface area contributed by atoms with Crippen molar-refractivity contribution >= 4 is 17.9 Å². The lowest BCUT2D eigenvalue weighted by atomic mass is 10.0. The van der Waals surface area contributed by atoms with E-state index in [1.165, 1.54) is 161 Å². The number of ether oxygens (including phenoxy) is 3. The molecule has 0 aliphatic heterocycles. The molecule has 0 spiro atoms. The van der Waals surface area contributed by atoms with Crippen molar-refractivity contribution in [2.75, 3.05) is 13.2 Å². The van der Waals surface area contributed by atoms with E-state index in [1.54, 1.807) is 0 Å². The molecule has 0 aromatic rings. The van der Waals surface area contributed by atoms with Crippen molar-refractivity contribution in [3.05, 3.63) is 134 Å². The van der Waals surface area contributed by atoms with Crippen molar-refractivity contribution in [2.45, 2.75) is 316 Å². The van der Waals surface area contributed by atoms with E-state index in [0.717, 1.165) is 96.3 Å². The summed E-state index contributed by atoms with van der Waals surface area (Å²) in [6.45, 7) is 6.32. The predicted molar refractivity (Wildman–Crippen MR) is 357 cm³/mol. The van der Waals surface area contributed by atoms with Gasteiger partial charge in [-0.05, 0) is 96.3 Å². The van der Waals surface area contributed by atoms with Gasteiger partial charge in [-0.15, -0.1) is 0 Å². The van der Waals surface area contributed by atoms with E-state index in [2.05, 4.69) is 142 Å². The molecule has 0 rings (SSSR count). The average Bonchev–Trinajstić information content (AvgIpc) is 3.47. The van der Waals surface area contributed by atoms with E-state index in [0.29, 0.717) is 19.3 Å². The average molecular weight is 1140 g/mol. The molecule has 0 N–H and O–H groups in total. The van der Waals surface area contributed by atoms with E-state index in [1.807, 2.05) is 12.2 Å². The minimum absolute atomic E-state index is 0.125. The lowest BCUT2D eigenvalue weighted by Gasteiger charge is -2.18. The Morgan fingerprint density at radius 3 is 0.805 bits per heavy atom. The monoisotopic (exact) mass is 1130 g/mol. The minimum Gasteiger partial charge on any atom is -0.462 e. The standard InChI is InChI=1S/C76H126O6/c1-4-7-10-13-16-19-22-25-27-29-31-33-35-36-37-38-39-41-42-44-46-48-51-54-57-60-63-66-69-75(78)81-72-73(71-80-74(77)68-65-62-59-56-53-50-24-21-18-15-12-9-6-3)82-76(79)70-67-64-61-58-55-52-49-47-45-43-40-34-32-30-28-26-23-20-17-14-11-8-5-2/h8-9,11-12,17-18,20-21,26,28,32,34,43,45,49-50,52-53,58-59,61-62,73H,4-7,10,13-16,19,22-25,27,29-31,33,35-42,44,46-48,51,54-57,60,63-72H2,1-3H3/b11-8-,12-9-,20-17-,21-18-,28-26-,34-32-,45-43-,52-49-,53-50-,61-58-,62-59-. The van der Waals surface area contributed by atoms with Crippen molar-refractivity contribution in [1.29, 1.82) is 0 Å². The second kappa shape index (κ2) is 69.0. The molecule has 0 aromatic carbocycles. The van der Waals surface area contributed by atoms with Crippen LogP contribution >= 0.6 is 0 Å². The topological polar surface area (TPSA) is 78.9 Å². The quantitative estimate of drug-likeness (QED) is 0.0261. The van der Waals surface area contributed by atoms with Crippen LogP contribution in [0, 0.1) is 0 Å². The second-order valence-corrected chi connectivity index (χ2v) is 22.3. The molecule has 0 bridgehead atoms. The van der Waals surface area contributed by atoms with Crippen molar-refractivity contribution in [3.63, 3.8) is 0 Å². The molecular formula is C76H126O6. The van der Waals surface area contributed by atoms with Gasteiger partial charge in [-0.2, -0.15) is 0 Å². The number of rotatable bonds is 61. The van der Waals surface area contributed by atoms with Gasteiger partial charge in [-0.25, -0.2) is 0 Å². The molecule has 0 aromatic heterocycles. The van der Waals surface area contributed by atoms with Crippen LogP contribution < -0.4 is 0 Å². The Labute approximate surface area is 506 Å². The molecule has 0 fully saturated rings. The van der Waals surface area contributed by atoms with Crippen molar-refractivity contribution in [3.8, 4) is 0 Å². The summed E-state index contributed by atoms with van der Waals surface area (Å²) in [5.41, 5.74) is 0. The lowest BCUT2D eigenvalue weighted by Crippen LogP contribution is -2.30. The zero-order valence-corrected chi connectivity index (χ0v) is 53.5. The zero-order chi connectivity index (χ0) is 59.2. The third kappa shape index (κ3) is 66.4. The normalized spacial score (nSPS) is 13.0. The van der Waals surface area contributed by atoms with Crippen LogP contribution in [0.4, 0.5) is 0 Å². The molecule has 0 saturated carbocycles. The molecule has 82 heavy (non-hydrogen) atoms. The highest BCUT2D eigenvalue weighted by Crippen LogP contribution is 2.17. The third-order valence-electron chi connectivity index (χ3n) is 14.4. The van der Waals surface area contributed by atoms with Gasteiger partial charge in [0.2, 0.25) is 0 Å². The van der Waals surface area contributed by atoms with E-state index in [-0.39, 0.29) is 44.0 Å². The Hall–Kier alpha value is -4.45. The fraction of sp³-hybridized carbons (Fsp3) is 0.671. The Morgan fingerprint density at radius 1 is 0.256 bits per heavy atom. The van der Waals surface area contributed by atoms with Crippen molar-refractivity contribution < 1.29 is 28.6 Å². The summed E-state index contributed by atoms with van der Waals surface area (Å²) in [4.78, 5) is 38.3. The van der Waals surface area contributed by atoms with E-state index in [4.69, 9.17) is 14.2 Å². The van der Waals surface area contributed by atoms with E-state index >= 15 is 0 Å². The highest BCUT2D eigenvalue weighted by atomic mass is 16.6. The molecule has 6 nitrogen and oxygen atoms in total. The number of esters is 3. The molecule has 1 atom stereocenters. The number of hydrogen-bond donors (Lipinski definition) is 0. The van der Waals surface area contributed by atoms with Gasteiger partial charge in [0.05, 0.1) is 0 Å². The van der Waals surface area contributed by atoms with Gasteiger partial charge in [-0.3, -0.25) is 14.4 Å². The van der Waals surface area contributed by atoms with E-state index < -0.39 is 6.10 Å². The lowest BCUT2D eigenvalue weighted by molar-refractivity contribution is -0.166. The first kappa shape index (κ1) is 77.5. The van der Waals surface area contributed by atoms with Crippen LogP contribution in [0.2, 0.25) is 0 Å². The Bertz CT molecular complexity index is 1730. The smallest absolute Gasteiger partial charge is 0.306 e. The van der Waals surface area contributed by atoms with Crippen LogP contribution in [0.3, 0.4) is 0 Å². The van der Waals surface area contributed by atoms with Crippen LogP contribution in [0.25, 0.3) is 0 Å². The molecule has 6 heteroatoms. The number of hydrogen-bond acceptors (Lipinski definition) is 6. The molecule has 0 heterocycles. The first-order valence-corrected chi connectivity index (χ1v) is 34.2. The summed E-state index contributed by atoms with van der Waals surface area (Å²) in [6, 6.07) is 0. The number of carbonyl (C=O) groups is 3. The van der Waals surface area contributed by atoms with Crippen molar-refractivity contribution in [2.24, 2.45) is 0 Å². The van der Waals surface area contributed by atoms with Gasteiger partial charge in [-0.1, -0.05) is 328 Å². The fourth-order valence-corrected chi connectivity index (χ4v) is 9.39. The molecule has 0 radical (unpaired) electrons. The summed E-state index contributed by atoms with van der Waals surface area (Å²) in [5.74, 6) is -1.07. The minimum atomic E-state index is -0.842. The van der Waals surface area contributed by atoms with Gasteiger partial charge in [0.1, 0.15) is 13.2 Å². The fourth-order valence-electron chi connectivity index (χ4n) is 9.39. The maximum absolute atomic E-state index is 12.9. The third-order valence-corrected chi connectivity index (χ3v) is 14.4. The summed E-state index contributed by atoms with van der Waals surface area (Å²) >= 11 is 0. The number of carbonyl (C=O) groups excluding carboxylic acids is 3. The highest BCUT2D eigenvalue weighted by molar-refractivity contribution is 5.71. The van der Waals surface area contributed by atoms with Crippen LogP contribution in [-0.4, -0.2) is 37.2 Å². The van der Waals surface area contributed by atoms with Gasteiger partial charge >= 0.3 is 17.9 Å². The number of unbranched alkanes of at least 4 members (excludes halogenated alkanes) is 28. The zero-order valence-electron chi connectivity index (χ0n) is 53.5. The second-order valence-electron chi connectivity index (χ2n) is 22.3. The summed E-state index contributed by atoms with van der Waals surface area (Å²) in [6.07, 6.45) is 98.0. The van der Waals surface area contributed by atoms with Gasteiger partial charge in [0.25, 0.3) is 0 Å². The first-order valence-electron chi connectivity index (χ1n) is 34.2. The number of allylic oxidation sites excluding steroid dienone is 22. The molecule has 0 aliphatic rings. The maximum Gasteiger partial charge on any atom is 0.306 e. The van der Waals surface area contributed by atoms with E-state index in [9.17, 15) is 14.4 Å². The van der Waals surface area contributed by atoms with Crippen LogP contribution in [-0.2, 0) is 28.6 Å². The predicted octanol–water partition coefficient (Wildman–Crippen LogP) is 23.7. The SMILES string of the molecule is CC/C=C\C/C=C\C/C=C\C/C=C\C/C=C\C/C=C\C/C=C\CCCC(=O)OC(COC(=O)CC/C=C\C/C=C\C/C=C\C/C=C\CC)COC(=O)CCCCCCCCCCCCCCCCCCCCCCCCCCCCCC. The molecule has 0 amide bonds. The Kier molecular flexibility index (Phi) is 65.3. The molecule has 0 aliphatic carbocycles. The van der Waals surface area contributed by atoms with Crippen LogP contribution in [0.1, 0.15) is 310 Å². The summed E-state index contributed by atoms with van der Waals surface area (Å²) < 4.78 is 16.8. The molecule has 1 unspecified atom stereocenters. The maximum atomic E-state index is 12.9. The van der Waals surface area contributed by atoms with Crippen molar-refractivity contribution in [1.82, 2.24) is 0 Å². The van der Waals surface area contributed by atoms with Gasteiger partial charge in [0, 0.05) is 19.3 Å². The summed E-state index contributed by atoms with van der Waals surface area (Å²) in [5, 5.41) is 0. The summed E-state index contributed by atoms with van der Waals surface area (Å²) in [7, 11) is 0. The Morgan fingerprint density at radius 2 is 0.500 bits per heavy atom. The Balaban J connectivity index is 4.38. The largest absolute Gasteiger partial charge is 0.462 e. The highest BCUT2D eigenvalue weighted by Gasteiger charge is 2.19. The molecular weight excluding hydrogens is 1010 g/mol. The molecule has 466 valence electrons. The molecule has 0 saturated heterocycles.